The summed E-state index contributed by atoms with van der Waals surface area (Å²) in [6, 6.07) is 26.8. The van der Waals surface area contributed by atoms with Gasteiger partial charge in [-0.3, -0.25) is 9.59 Å². The van der Waals surface area contributed by atoms with Crippen LogP contribution >= 0.6 is 11.8 Å². The number of aromatic nitrogens is 1. The molecular formula is C26H20N2O3S. The van der Waals surface area contributed by atoms with E-state index in [9.17, 15) is 9.59 Å². The smallest absolute Gasteiger partial charge is 0.298 e. The Hall–Kier alpha value is -3.77. The number of nitrogens with zero attached hydrogens (tertiary/aromatic N) is 2. The maximum absolute atomic E-state index is 13.0. The SMILES string of the molecule is O=C1S/C(=C\c2cn(CCOc3ccccc3)c3ccccc23)C(=O)N1c1ccccc1. The minimum atomic E-state index is -0.296. The lowest BCUT2D eigenvalue weighted by atomic mass is 10.1. The molecule has 32 heavy (non-hydrogen) atoms. The van der Waals surface area contributed by atoms with Crippen LogP contribution in [0.15, 0.2) is 96.0 Å². The van der Waals surface area contributed by atoms with Gasteiger partial charge in [-0.25, -0.2) is 4.90 Å². The summed E-state index contributed by atoms with van der Waals surface area (Å²) in [5.74, 6) is 0.536. The summed E-state index contributed by atoms with van der Waals surface area (Å²) in [6.07, 6.45) is 3.82. The quantitative estimate of drug-likeness (QED) is 0.347. The third kappa shape index (κ3) is 3.92. The van der Waals surface area contributed by atoms with Crippen molar-refractivity contribution in [3.63, 3.8) is 0 Å². The van der Waals surface area contributed by atoms with Crippen LogP contribution in [0.25, 0.3) is 17.0 Å². The molecule has 0 saturated carbocycles. The van der Waals surface area contributed by atoms with Crippen molar-refractivity contribution in [2.75, 3.05) is 11.5 Å². The van der Waals surface area contributed by atoms with Crippen molar-refractivity contribution < 1.29 is 14.3 Å². The first-order chi connectivity index (χ1) is 15.7. The first-order valence-corrected chi connectivity index (χ1v) is 11.1. The molecule has 158 valence electrons. The molecule has 2 amide bonds. The van der Waals surface area contributed by atoms with Gasteiger partial charge in [0.1, 0.15) is 12.4 Å². The molecule has 1 saturated heterocycles. The van der Waals surface area contributed by atoms with Gasteiger partial charge in [0.15, 0.2) is 0 Å². The van der Waals surface area contributed by atoms with E-state index >= 15 is 0 Å². The van der Waals surface area contributed by atoms with Crippen LogP contribution in [0, 0.1) is 0 Å². The third-order valence-corrected chi connectivity index (χ3v) is 6.13. The summed E-state index contributed by atoms with van der Waals surface area (Å²) >= 11 is 0.969. The lowest BCUT2D eigenvalue weighted by Gasteiger charge is -2.11. The number of hydrogen-bond acceptors (Lipinski definition) is 4. The van der Waals surface area contributed by atoms with Crippen molar-refractivity contribution in [1.82, 2.24) is 4.57 Å². The fourth-order valence-corrected chi connectivity index (χ4v) is 4.59. The van der Waals surface area contributed by atoms with E-state index in [4.69, 9.17) is 4.74 Å². The van der Waals surface area contributed by atoms with Gasteiger partial charge in [0.2, 0.25) is 0 Å². The molecule has 0 radical (unpaired) electrons. The predicted molar refractivity (Wildman–Crippen MR) is 129 cm³/mol. The highest BCUT2D eigenvalue weighted by atomic mass is 32.2. The number of para-hydroxylation sites is 3. The second-order valence-electron chi connectivity index (χ2n) is 7.31. The van der Waals surface area contributed by atoms with Crippen LogP contribution in [0.4, 0.5) is 10.5 Å². The molecule has 0 bridgehead atoms. The largest absolute Gasteiger partial charge is 0.492 e. The monoisotopic (exact) mass is 440 g/mol. The van der Waals surface area contributed by atoms with E-state index in [1.807, 2.05) is 85.1 Å². The summed E-state index contributed by atoms with van der Waals surface area (Å²) in [6.45, 7) is 1.18. The van der Waals surface area contributed by atoms with E-state index in [1.165, 1.54) is 4.90 Å². The molecule has 2 heterocycles. The minimum absolute atomic E-state index is 0.285. The van der Waals surface area contributed by atoms with Crippen LogP contribution in [0.5, 0.6) is 5.75 Å². The number of thioether (sulfide) groups is 1. The van der Waals surface area contributed by atoms with Crippen molar-refractivity contribution in [3.8, 4) is 5.75 Å². The number of imide groups is 1. The standard InChI is InChI=1S/C26H20N2O3S/c29-25-24(32-26(30)28(25)20-9-3-1-4-10-20)17-19-18-27(23-14-8-7-13-22(19)23)15-16-31-21-11-5-2-6-12-21/h1-14,17-18H,15-16H2/b24-17-. The van der Waals surface area contributed by atoms with Crippen molar-refractivity contribution >= 4 is 45.6 Å². The molecule has 1 aliphatic heterocycles. The lowest BCUT2D eigenvalue weighted by molar-refractivity contribution is -0.113. The Morgan fingerprint density at radius 2 is 1.53 bits per heavy atom. The number of fused-ring (bicyclic) bond motifs is 1. The Balaban J connectivity index is 1.41. The number of rotatable bonds is 6. The average Bonchev–Trinajstić information content (AvgIpc) is 3.31. The number of ether oxygens (including phenoxy) is 1. The Kier molecular flexibility index (Phi) is 5.52. The molecule has 1 aliphatic rings. The van der Waals surface area contributed by atoms with E-state index in [0.29, 0.717) is 23.7 Å². The molecule has 1 fully saturated rings. The highest BCUT2D eigenvalue weighted by Gasteiger charge is 2.36. The van der Waals surface area contributed by atoms with Crippen molar-refractivity contribution in [3.05, 3.63) is 102 Å². The van der Waals surface area contributed by atoms with Gasteiger partial charge in [0.25, 0.3) is 11.1 Å². The van der Waals surface area contributed by atoms with Gasteiger partial charge in [0, 0.05) is 22.7 Å². The minimum Gasteiger partial charge on any atom is -0.492 e. The summed E-state index contributed by atoms with van der Waals surface area (Å²) in [7, 11) is 0. The summed E-state index contributed by atoms with van der Waals surface area (Å²) in [4.78, 5) is 27.2. The molecule has 6 heteroatoms. The van der Waals surface area contributed by atoms with Crippen molar-refractivity contribution in [2.45, 2.75) is 6.54 Å². The molecule has 1 aromatic heterocycles. The van der Waals surface area contributed by atoms with Gasteiger partial charge in [-0.15, -0.1) is 0 Å². The summed E-state index contributed by atoms with van der Waals surface area (Å²) in [5.41, 5.74) is 2.54. The maximum Gasteiger partial charge on any atom is 0.298 e. The van der Waals surface area contributed by atoms with Crippen LogP contribution in [0.3, 0.4) is 0 Å². The van der Waals surface area contributed by atoms with Crippen LogP contribution in [0.1, 0.15) is 5.56 Å². The average molecular weight is 441 g/mol. The highest BCUT2D eigenvalue weighted by molar-refractivity contribution is 8.19. The molecule has 4 aromatic rings. The molecule has 5 rings (SSSR count). The number of carbonyl (C=O) groups is 2. The molecule has 3 aromatic carbocycles. The fraction of sp³-hybridized carbons (Fsp3) is 0.0769. The second-order valence-corrected chi connectivity index (χ2v) is 8.30. The number of benzene rings is 3. The van der Waals surface area contributed by atoms with Gasteiger partial charge in [-0.1, -0.05) is 54.6 Å². The number of amides is 2. The molecule has 0 aliphatic carbocycles. The van der Waals surface area contributed by atoms with Crippen LogP contribution in [0.2, 0.25) is 0 Å². The highest BCUT2D eigenvalue weighted by Crippen LogP contribution is 2.36. The molecule has 0 spiro atoms. The van der Waals surface area contributed by atoms with Crippen molar-refractivity contribution in [2.24, 2.45) is 0 Å². The number of anilines is 1. The number of carbonyl (C=O) groups excluding carboxylic acids is 2. The molecular weight excluding hydrogens is 420 g/mol. The lowest BCUT2D eigenvalue weighted by Crippen LogP contribution is -2.27. The summed E-state index contributed by atoms with van der Waals surface area (Å²) in [5, 5.41) is 0.742. The molecule has 0 atom stereocenters. The Morgan fingerprint density at radius 1 is 0.844 bits per heavy atom. The van der Waals surface area contributed by atoms with Crippen LogP contribution in [-0.4, -0.2) is 22.3 Å². The first-order valence-electron chi connectivity index (χ1n) is 10.3. The van der Waals surface area contributed by atoms with E-state index in [-0.39, 0.29) is 11.1 Å². The zero-order chi connectivity index (χ0) is 21.9. The molecule has 0 N–H and O–H groups in total. The summed E-state index contributed by atoms with van der Waals surface area (Å²) < 4.78 is 7.97. The van der Waals surface area contributed by atoms with Crippen LogP contribution in [-0.2, 0) is 11.3 Å². The van der Waals surface area contributed by atoms with E-state index in [0.717, 1.165) is 34.0 Å². The van der Waals surface area contributed by atoms with Gasteiger partial charge < -0.3 is 9.30 Å². The molecule has 0 unspecified atom stereocenters. The zero-order valence-corrected chi connectivity index (χ0v) is 18.0. The van der Waals surface area contributed by atoms with Crippen molar-refractivity contribution in [1.29, 1.82) is 0 Å². The maximum atomic E-state index is 13.0. The van der Waals surface area contributed by atoms with Crippen LogP contribution < -0.4 is 9.64 Å². The zero-order valence-electron chi connectivity index (χ0n) is 17.2. The Labute approximate surface area is 189 Å². The second kappa shape index (κ2) is 8.77. The van der Waals surface area contributed by atoms with Gasteiger partial charge in [-0.2, -0.15) is 0 Å². The fourth-order valence-electron chi connectivity index (χ4n) is 3.76. The van der Waals surface area contributed by atoms with Gasteiger partial charge in [0.05, 0.1) is 17.1 Å². The number of hydrogen-bond donors (Lipinski definition) is 0. The third-order valence-electron chi connectivity index (χ3n) is 5.26. The first kappa shape index (κ1) is 20.2. The Morgan fingerprint density at radius 3 is 2.31 bits per heavy atom. The van der Waals surface area contributed by atoms with Gasteiger partial charge in [-0.05, 0) is 48.2 Å². The normalized spacial score (nSPS) is 15.1. The van der Waals surface area contributed by atoms with E-state index < -0.39 is 0 Å². The topological polar surface area (TPSA) is 51.5 Å². The van der Waals surface area contributed by atoms with Gasteiger partial charge >= 0.3 is 0 Å². The molecule has 5 nitrogen and oxygen atoms in total. The Bertz CT molecular complexity index is 1310. The van der Waals surface area contributed by atoms with E-state index in [2.05, 4.69) is 4.57 Å². The predicted octanol–water partition coefficient (Wildman–Crippen LogP) is 5.96. The van der Waals surface area contributed by atoms with E-state index in [1.54, 1.807) is 12.1 Å².